The molecule has 1 atom stereocenters. The van der Waals surface area contributed by atoms with E-state index in [1.807, 2.05) is 32.0 Å². The van der Waals surface area contributed by atoms with E-state index in [1.54, 1.807) is 18.2 Å². The Kier molecular flexibility index (Phi) is 7.32. The Hall–Kier alpha value is -2.60. The summed E-state index contributed by atoms with van der Waals surface area (Å²) in [6.07, 6.45) is 2.22. The molecule has 0 spiro atoms. The van der Waals surface area contributed by atoms with Crippen LogP contribution in [0.15, 0.2) is 36.4 Å². The molecule has 0 radical (unpaired) electrons. The fourth-order valence-corrected chi connectivity index (χ4v) is 3.59. The van der Waals surface area contributed by atoms with E-state index in [-0.39, 0.29) is 0 Å². The van der Waals surface area contributed by atoms with Gasteiger partial charge in [-0.15, -0.1) is 0 Å². The van der Waals surface area contributed by atoms with Gasteiger partial charge in [-0.1, -0.05) is 24.6 Å². The zero-order valence-corrected chi connectivity index (χ0v) is 18.0. The van der Waals surface area contributed by atoms with Crippen LogP contribution in [0.2, 0.25) is 5.02 Å². The fraction of sp³-hybridized carbons (Fsp3) is 0.435. The van der Waals surface area contributed by atoms with Gasteiger partial charge in [0.25, 0.3) is 0 Å². The molecule has 2 aromatic rings. The Morgan fingerprint density at radius 2 is 1.83 bits per heavy atom. The number of carbonyl (C=O) groups is 1. The summed E-state index contributed by atoms with van der Waals surface area (Å²) in [7, 11) is 0. The molecule has 0 aromatic heterocycles. The molecule has 0 aliphatic carbocycles. The van der Waals surface area contributed by atoms with Crippen LogP contribution in [0.3, 0.4) is 0 Å². The number of hydrogen-bond acceptors (Lipinski definition) is 5. The average Bonchev–Trinajstić information content (AvgIpc) is 2.74. The molecule has 162 valence electrons. The molecule has 0 amide bonds. The number of benzene rings is 2. The van der Waals surface area contributed by atoms with E-state index >= 15 is 0 Å². The van der Waals surface area contributed by atoms with Gasteiger partial charge in [-0.05, 0) is 43.5 Å². The Balaban J connectivity index is 1.49. The van der Waals surface area contributed by atoms with Gasteiger partial charge in [0.05, 0.1) is 24.8 Å². The molecule has 1 aliphatic heterocycles. The maximum Gasteiger partial charge on any atom is 0.348 e. The number of carboxylic acid groups (broad SMARTS) is 1. The van der Waals surface area contributed by atoms with Crippen molar-refractivity contribution >= 4 is 17.6 Å². The molecule has 6 nitrogen and oxygen atoms in total. The fourth-order valence-electron chi connectivity index (χ4n) is 3.36. The molecular formula is C23H27ClO6. The first-order valence-corrected chi connectivity index (χ1v) is 10.6. The molecule has 0 fully saturated rings. The van der Waals surface area contributed by atoms with Crippen LogP contribution >= 0.6 is 11.6 Å². The van der Waals surface area contributed by atoms with Crippen molar-refractivity contribution in [3.63, 3.8) is 0 Å². The summed E-state index contributed by atoms with van der Waals surface area (Å²) in [5.41, 5.74) is -0.155. The van der Waals surface area contributed by atoms with Gasteiger partial charge >= 0.3 is 5.97 Å². The molecule has 1 N–H and O–H groups in total. The number of aryl methyl sites for hydroxylation is 1. The number of halogens is 1. The monoisotopic (exact) mass is 434 g/mol. The van der Waals surface area contributed by atoms with Crippen LogP contribution in [0.4, 0.5) is 0 Å². The van der Waals surface area contributed by atoms with Crippen LogP contribution < -0.4 is 18.9 Å². The van der Waals surface area contributed by atoms with Gasteiger partial charge in [-0.3, -0.25) is 0 Å². The molecule has 7 heteroatoms. The van der Waals surface area contributed by atoms with Crippen LogP contribution in [0.25, 0.3) is 0 Å². The number of rotatable bonds is 10. The van der Waals surface area contributed by atoms with E-state index < -0.39 is 11.6 Å². The third kappa shape index (κ3) is 5.11. The third-order valence-corrected chi connectivity index (χ3v) is 5.43. The second kappa shape index (κ2) is 9.94. The van der Waals surface area contributed by atoms with Gasteiger partial charge in [-0.25, -0.2) is 4.79 Å². The molecule has 2 aromatic carbocycles. The second-order valence-corrected chi connectivity index (χ2v) is 7.51. The smallest absolute Gasteiger partial charge is 0.348 e. The summed E-state index contributed by atoms with van der Waals surface area (Å²) in [5, 5.41) is 10.1. The van der Waals surface area contributed by atoms with Crippen molar-refractivity contribution in [3.8, 4) is 23.0 Å². The first-order chi connectivity index (χ1) is 14.5. The molecule has 0 saturated heterocycles. The molecule has 0 saturated carbocycles. The lowest BCUT2D eigenvalue weighted by Crippen LogP contribution is -2.46. The summed E-state index contributed by atoms with van der Waals surface area (Å²) in [6.45, 7) is 5.23. The Morgan fingerprint density at radius 1 is 1.10 bits per heavy atom. The minimum absolute atomic E-state index is 0.415. The molecular weight excluding hydrogens is 408 g/mol. The van der Waals surface area contributed by atoms with Gasteiger partial charge in [0.2, 0.25) is 5.60 Å². The van der Waals surface area contributed by atoms with Crippen LogP contribution in [0.5, 0.6) is 23.0 Å². The van der Waals surface area contributed by atoms with Crippen LogP contribution in [0, 0.1) is 0 Å². The van der Waals surface area contributed by atoms with Gasteiger partial charge in [0.1, 0.15) is 23.0 Å². The van der Waals surface area contributed by atoms with Crippen molar-refractivity contribution in [1.82, 2.24) is 0 Å². The van der Waals surface area contributed by atoms with Crippen molar-refractivity contribution in [1.29, 1.82) is 0 Å². The first-order valence-electron chi connectivity index (χ1n) is 10.2. The van der Waals surface area contributed by atoms with E-state index in [4.69, 9.17) is 30.5 Å². The summed E-state index contributed by atoms with van der Waals surface area (Å²) in [4.78, 5) is 11.7. The highest BCUT2D eigenvalue weighted by Crippen LogP contribution is 2.37. The summed E-state index contributed by atoms with van der Waals surface area (Å²) in [5.74, 6) is 1.62. The minimum Gasteiger partial charge on any atom is -0.494 e. The second-order valence-electron chi connectivity index (χ2n) is 7.10. The molecule has 1 aliphatic rings. The highest BCUT2D eigenvalue weighted by Gasteiger charge is 2.42. The van der Waals surface area contributed by atoms with E-state index in [2.05, 4.69) is 0 Å². The number of ether oxygens (including phenoxy) is 4. The quantitative estimate of drug-likeness (QED) is 0.521. The molecule has 1 heterocycles. The predicted octanol–water partition coefficient (Wildman–Crippen LogP) is 5.15. The topological polar surface area (TPSA) is 74.2 Å². The average molecular weight is 435 g/mol. The molecule has 30 heavy (non-hydrogen) atoms. The van der Waals surface area contributed by atoms with Crippen LogP contribution in [-0.2, 0) is 11.2 Å². The van der Waals surface area contributed by atoms with Gasteiger partial charge in [-0.2, -0.15) is 0 Å². The summed E-state index contributed by atoms with van der Waals surface area (Å²) < 4.78 is 22.8. The highest BCUT2D eigenvalue weighted by atomic mass is 35.5. The maximum atomic E-state index is 11.7. The van der Waals surface area contributed by atoms with Crippen molar-refractivity contribution in [2.45, 2.75) is 45.1 Å². The van der Waals surface area contributed by atoms with Crippen LogP contribution in [0.1, 0.15) is 38.7 Å². The maximum absolute atomic E-state index is 11.7. The van der Waals surface area contributed by atoms with Crippen molar-refractivity contribution < 1.29 is 28.8 Å². The zero-order valence-electron chi connectivity index (χ0n) is 17.3. The number of aliphatic carboxylic acids is 1. The minimum atomic E-state index is -1.16. The third-order valence-electron chi connectivity index (χ3n) is 5.13. The SMILES string of the molecule is CCOc1ccc(OCCCOc2ccc3c(c2)O[C@](CC)(C(=O)O)CC3)c(Cl)c1. The number of fused-ring (bicyclic) bond motifs is 1. The van der Waals surface area contributed by atoms with Gasteiger partial charge < -0.3 is 24.1 Å². The lowest BCUT2D eigenvalue weighted by atomic mass is 9.89. The largest absolute Gasteiger partial charge is 0.494 e. The Bertz CT molecular complexity index is 884. The van der Waals surface area contributed by atoms with E-state index in [0.717, 1.165) is 5.56 Å². The number of hydrogen-bond donors (Lipinski definition) is 1. The zero-order chi connectivity index (χ0) is 21.6. The normalized spacial score (nSPS) is 17.6. The van der Waals surface area contributed by atoms with Crippen molar-refractivity contribution in [2.24, 2.45) is 0 Å². The van der Waals surface area contributed by atoms with Crippen molar-refractivity contribution in [3.05, 3.63) is 47.0 Å². The Morgan fingerprint density at radius 3 is 2.53 bits per heavy atom. The van der Waals surface area contributed by atoms with E-state index in [0.29, 0.717) is 73.5 Å². The Labute approximate surface area is 181 Å². The van der Waals surface area contributed by atoms with Gasteiger partial charge in [0, 0.05) is 25.0 Å². The predicted molar refractivity (Wildman–Crippen MR) is 114 cm³/mol. The lowest BCUT2D eigenvalue weighted by Gasteiger charge is -2.34. The highest BCUT2D eigenvalue weighted by molar-refractivity contribution is 6.32. The molecule has 0 bridgehead atoms. The van der Waals surface area contributed by atoms with Gasteiger partial charge in [0.15, 0.2) is 0 Å². The standard InChI is InChI=1S/C23H27ClO6/c1-3-23(22(25)26)11-10-16-6-7-18(15-21(16)30-23)28-12-5-13-29-20-9-8-17(27-4-2)14-19(20)24/h6-9,14-15H,3-5,10-13H2,1-2H3,(H,25,26)/t23-/m0/s1. The van der Waals surface area contributed by atoms with E-state index in [9.17, 15) is 9.90 Å². The number of carboxylic acids is 1. The summed E-state index contributed by atoms with van der Waals surface area (Å²) >= 11 is 6.21. The summed E-state index contributed by atoms with van der Waals surface area (Å²) in [6, 6.07) is 10.9. The van der Waals surface area contributed by atoms with E-state index in [1.165, 1.54) is 0 Å². The molecule has 0 unspecified atom stereocenters. The molecule has 3 rings (SSSR count). The van der Waals surface area contributed by atoms with Crippen molar-refractivity contribution in [2.75, 3.05) is 19.8 Å². The lowest BCUT2D eigenvalue weighted by molar-refractivity contribution is -0.157. The van der Waals surface area contributed by atoms with Crippen LogP contribution in [-0.4, -0.2) is 36.5 Å². The first kappa shape index (κ1) is 22.1.